The van der Waals surface area contributed by atoms with Crippen LogP contribution in [0.5, 0.6) is 0 Å². The Morgan fingerprint density at radius 3 is 2.78 bits per heavy atom. The van der Waals surface area contributed by atoms with Crippen LogP contribution in [0.2, 0.25) is 0 Å². The largest absolute Gasteiger partial charge is 0.348 e. The maximum Gasteiger partial charge on any atom is 0.249 e. The molecular formula is C17H24N6O4. The normalized spacial score (nSPS) is 23.6. The summed E-state index contributed by atoms with van der Waals surface area (Å²) in [6.07, 6.45) is 6.06. The van der Waals surface area contributed by atoms with Gasteiger partial charge in [0.25, 0.3) is 0 Å². The fraction of sp³-hybridized carbons (Fsp3) is 0.588. The van der Waals surface area contributed by atoms with Gasteiger partial charge in [-0.05, 0) is 25.7 Å². The lowest BCUT2D eigenvalue weighted by Crippen LogP contribution is -2.58. The van der Waals surface area contributed by atoms with Crippen molar-refractivity contribution in [2.24, 2.45) is 5.73 Å². The lowest BCUT2D eigenvalue weighted by molar-refractivity contribution is -0.145. The van der Waals surface area contributed by atoms with Crippen LogP contribution < -0.4 is 16.4 Å². The molecule has 3 atom stereocenters. The number of likely N-dealkylation sites (tertiary alicyclic amines) is 1. The lowest BCUT2D eigenvalue weighted by Gasteiger charge is -2.36. The maximum absolute atomic E-state index is 12.8. The molecule has 0 bridgehead atoms. The zero-order valence-corrected chi connectivity index (χ0v) is 14.9. The van der Waals surface area contributed by atoms with E-state index in [1.54, 1.807) is 6.20 Å². The van der Waals surface area contributed by atoms with Gasteiger partial charge in [0, 0.05) is 31.3 Å². The van der Waals surface area contributed by atoms with Crippen molar-refractivity contribution >= 4 is 23.6 Å². The van der Waals surface area contributed by atoms with Crippen molar-refractivity contribution in [3.05, 3.63) is 18.2 Å². The van der Waals surface area contributed by atoms with Crippen LogP contribution in [0.25, 0.3) is 0 Å². The maximum atomic E-state index is 12.8. The standard InChI is InChI=1S/C17H24N6O4/c18-11(7-10-8-19-9-20-10)17(27)23-6-2-1-3-13(23)16(26)22-15(25)12-4-5-14(24)21-12/h8-9,11-13H,1-7,18H2,(H,19,20)(H,21,24)(H,22,25,26)/t11-,12-,13?/m0/s1. The van der Waals surface area contributed by atoms with Gasteiger partial charge in [-0.25, -0.2) is 4.98 Å². The molecule has 1 aromatic heterocycles. The Kier molecular flexibility index (Phi) is 5.84. The van der Waals surface area contributed by atoms with Gasteiger partial charge < -0.3 is 20.9 Å². The molecule has 4 amide bonds. The molecule has 0 radical (unpaired) electrons. The Morgan fingerprint density at radius 1 is 1.30 bits per heavy atom. The third-order valence-electron chi connectivity index (χ3n) is 4.96. The summed E-state index contributed by atoms with van der Waals surface area (Å²) in [5, 5.41) is 4.86. The smallest absolute Gasteiger partial charge is 0.249 e. The molecule has 10 heteroatoms. The number of nitrogens with one attached hydrogen (secondary N) is 3. The first-order valence-corrected chi connectivity index (χ1v) is 9.13. The molecule has 2 aliphatic rings. The molecule has 3 heterocycles. The minimum absolute atomic E-state index is 0.207. The van der Waals surface area contributed by atoms with Crippen LogP contribution in [0.4, 0.5) is 0 Å². The molecule has 0 saturated carbocycles. The molecular weight excluding hydrogens is 352 g/mol. The molecule has 2 saturated heterocycles. The second-order valence-electron chi connectivity index (χ2n) is 6.94. The molecule has 27 heavy (non-hydrogen) atoms. The third kappa shape index (κ3) is 4.51. The number of carbonyl (C=O) groups is 4. The van der Waals surface area contributed by atoms with Crippen LogP contribution in [0.3, 0.4) is 0 Å². The summed E-state index contributed by atoms with van der Waals surface area (Å²) in [7, 11) is 0. The number of amides is 4. The third-order valence-corrected chi connectivity index (χ3v) is 4.96. The highest BCUT2D eigenvalue weighted by atomic mass is 16.2. The Labute approximate surface area is 156 Å². The van der Waals surface area contributed by atoms with Crippen LogP contribution in [0.15, 0.2) is 12.5 Å². The zero-order valence-electron chi connectivity index (χ0n) is 14.9. The van der Waals surface area contributed by atoms with E-state index in [9.17, 15) is 19.2 Å². The number of hydrogen-bond donors (Lipinski definition) is 4. The first-order valence-electron chi connectivity index (χ1n) is 9.13. The van der Waals surface area contributed by atoms with Gasteiger partial charge in [0.15, 0.2) is 0 Å². The van der Waals surface area contributed by atoms with Crippen LogP contribution in [-0.4, -0.2) is 63.2 Å². The molecule has 3 rings (SSSR count). The summed E-state index contributed by atoms with van der Waals surface area (Å²) in [4.78, 5) is 57.1. The number of piperidine rings is 1. The highest BCUT2D eigenvalue weighted by Crippen LogP contribution is 2.19. The second kappa shape index (κ2) is 8.30. The zero-order chi connectivity index (χ0) is 19.4. The van der Waals surface area contributed by atoms with Crippen molar-refractivity contribution in [3.8, 4) is 0 Å². The Hall–Kier alpha value is -2.75. The molecule has 1 unspecified atom stereocenters. The van der Waals surface area contributed by atoms with Gasteiger partial charge in [-0.15, -0.1) is 0 Å². The Balaban J connectivity index is 1.61. The molecule has 2 fully saturated rings. The minimum Gasteiger partial charge on any atom is -0.348 e. The van der Waals surface area contributed by atoms with Crippen LogP contribution in [0, 0.1) is 0 Å². The predicted molar refractivity (Wildman–Crippen MR) is 93.9 cm³/mol. The molecule has 0 aliphatic carbocycles. The van der Waals surface area contributed by atoms with Crippen molar-refractivity contribution < 1.29 is 19.2 Å². The van der Waals surface area contributed by atoms with Gasteiger partial charge in [-0.2, -0.15) is 0 Å². The Bertz CT molecular complexity index is 719. The van der Waals surface area contributed by atoms with Gasteiger partial charge in [-0.3, -0.25) is 24.5 Å². The minimum atomic E-state index is -0.802. The average Bonchev–Trinajstić information content (AvgIpc) is 3.32. The topological polar surface area (TPSA) is 150 Å². The number of nitrogens with two attached hydrogens (primary N) is 1. The van der Waals surface area contributed by atoms with E-state index in [1.165, 1.54) is 11.2 Å². The van der Waals surface area contributed by atoms with E-state index in [-0.39, 0.29) is 24.7 Å². The number of imidazole rings is 1. The van der Waals surface area contributed by atoms with Crippen molar-refractivity contribution in [1.82, 2.24) is 25.5 Å². The number of aromatic amines is 1. The summed E-state index contributed by atoms with van der Waals surface area (Å²) >= 11 is 0. The quantitative estimate of drug-likeness (QED) is 0.463. The van der Waals surface area contributed by atoms with E-state index in [0.29, 0.717) is 19.4 Å². The first kappa shape index (κ1) is 19.0. The molecule has 0 spiro atoms. The highest BCUT2D eigenvalue weighted by molar-refractivity contribution is 6.03. The van der Waals surface area contributed by atoms with Gasteiger partial charge in [0.2, 0.25) is 23.6 Å². The highest BCUT2D eigenvalue weighted by Gasteiger charge is 2.36. The van der Waals surface area contributed by atoms with E-state index in [2.05, 4.69) is 20.6 Å². The van der Waals surface area contributed by atoms with Crippen LogP contribution >= 0.6 is 0 Å². The second-order valence-corrected chi connectivity index (χ2v) is 6.94. The van der Waals surface area contributed by atoms with Gasteiger partial charge in [0.05, 0.1) is 12.4 Å². The van der Waals surface area contributed by atoms with Gasteiger partial charge >= 0.3 is 0 Å². The predicted octanol–water partition coefficient (Wildman–Crippen LogP) is -1.42. The van der Waals surface area contributed by atoms with Crippen molar-refractivity contribution in [2.75, 3.05) is 6.54 Å². The van der Waals surface area contributed by atoms with Crippen LogP contribution in [0.1, 0.15) is 37.8 Å². The number of imide groups is 1. The fourth-order valence-electron chi connectivity index (χ4n) is 3.50. The first-order chi connectivity index (χ1) is 13.0. The molecule has 1 aromatic rings. The number of nitrogens with zero attached hydrogens (tertiary/aromatic N) is 2. The SMILES string of the molecule is N[C@@H](Cc1cnc[nH]1)C(=O)N1CCCCC1C(=O)NC(=O)[C@@H]1CCC(=O)N1. The molecule has 0 aromatic carbocycles. The van der Waals surface area contributed by atoms with E-state index < -0.39 is 29.9 Å². The monoisotopic (exact) mass is 376 g/mol. The van der Waals surface area contributed by atoms with E-state index >= 15 is 0 Å². The van der Waals surface area contributed by atoms with E-state index in [0.717, 1.165) is 18.5 Å². The van der Waals surface area contributed by atoms with E-state index in [1.807, 2.05) is 0 Å². The van der Waals surface area contributed by atoms with Crippen molar-refractivity contribution in [2.45, 2.75) is 56.7 Å². The number of aromatic nitrogens is 2. The van der Waals surface area contributed by atoms with Crippen molar-refractivity contribution in [1.29, 1.82) is 0 Å². The summed E-state index contributed by atoms with van der Waals surface area (Å²) in [5.41, 5.74) is 6.77. The number of H-pyrrole nitrogens is 1. The van der Waals surface area contributed by atoms with Crippen molar-refractivity contribution in [3.63, 3.8) is 0 Å². The molecule has 5 N–H and O–H groups in total. The number of hydrogen-bond acceptors (Lipinski definition) is 6. The number of rotatable bonds is 5. The summed E-state index contributed by atoms with van der Waals surface area (Å²) in [6, 6.07) is -2.24. The fourth-order valence-corrected chi connectivity index (χ4v) is 3.50. The van der Waals surface area contributed by atoms with Crippen LogP contribution in [-0.2, 0) is 25.6 Å². The molecule has 2 aliphatic heterocycles. The number of carbonyl (C=O) groups excluding carboxylic acids is 4. The summed E-state index contributed by atoms with van der Waals surface area (Å²) in [6.45, 7) is 0.419. The molecule has 146 valence electrons. The summed E-state index contributed by atoms with van der Waals surface area (Å²) in [5.74, 6) is -1.60. The lowest BCUT2D eigenvalue weighted by atomic mass is 9.99. The van der Waals surface area contributed by atoms with E-state index in [4.69, 9.17) is 5.73 Å². The summed E-state index contributed by atoms with van der Waals surface area (Å²) < 4.78 is 0. The van der Waals surface area contributed by atoms with Gasteiger partial charge in [-0.1, -0.05) is 0 Å². The Morgan fingerprint density at radius 2 is 2.11 bits per heavy atom. The molecule has 10 nitrogen and oxygen atoms in total. The average molecular weight is 376 g/mol. The van der Waals surface area contributed by atoms with Gasteiger partial charge in [0.1, 0.15) is 12.1 Å².